The van der Waals surface area contributed by atoms with Gasteiger partial charge in [-0.15, -0.1) is 0 Å². The van der Waals surface area contributed by atoms with Crippen LogP contribution in [0.2, 0.25) is 0 Å². The highest BCUT2D eigenvalue weighted by atomic mass is 16.4. The van der Waals surface area contributed by atoms with Gasteiger partial charge in [-0.05, 0) is 6.92 Å². The third-order valence-electron chi connectivity index (χ3n) is 1.94. The first-order valence-electron chi connectivity index (χ1n) is 4.18. The smallest absolute Gasteiger partial charge is 0.328 e. The van der Waals surface area contributed by atoms with E-state index in [1.165, 1.54) is 10.9 Å². The van der Waals surface area contributed by atoms with Crippen molar-refractivity contribution in [2.45, 2.75) is 13.0 Å². The summed E-state index contributed by atoms with van der Waals surface area (Å²) >= 11 is 0. The summed E-state index contributed by atoms with van der Waals surface area (Å²) in [5.74, 6) is -0.323. The molecule has 1 atom stereocenters. The van der Waals surface area contributed by atoms with Crippen molar-refractivity contribution in [1.82, 2.24) is 9.78 Å². The molecular weight excluding hydrogens is 184 g/mol. The molecule has 0 spiro atoms. The molecule has 0 aromatic carbocycles. The Hall–Kier alpha value is -1.72. The van der Waals surface area contributed by atoms with Crippen LogP contribution in [0.25, 0.3) is 0 Å². The van der Waals surface area contributed by atoms with E-state index >= 15 is 0 Å². The van der Waals surface area contributed by atoms with Gasteiger partial charge in [0.2, 0.25) is 0 Å². The molecule has 1 heterocycles. The summed E-state index contributed by atoms with van der Waals surface area (Å²) in [6.45, 7) is 1.56. The van der Waals surface area contributed by atoms with Crippen LogP contribution in [0.5, 0.6) is 0 Å². The van der Waals surface area contributed by atoms with Crippen LogP contribution >= 0.6 is 0 Å². The largest absolute Gasteiger partial charge is 0.480 e. The van der Waals surface area contributed by atoms with Crippen molar-refractivity contribution in [2.75, 3.05) is 24.7 Å². The first-order valence-corrected chi connectivity index (χ1v) is 4.18. The average Bonchev–Trinajstić information content (AvgIpc) is 2.45. The van der Waals surface area contributed by atoms with Crippen molar-refractivity contribution in [3.63, 3.8) is 0 Å². The minimum absolute atomic E-state index is 0.475. The number of nitrogens with zero attached hydrogens (tertiary/aromatic N) is 3. The molecule has 1 aromatic heterocycles. The zero-order valence-electron chi connectivity index (χ0n) is 8.43. The standard InChI is InChI=1S/C8H14N4O2/c1-5(8(13)14)12-7(11(2)3)6(9)4-10-12/h4-5H,9H2,1-3H3,(H,13,14). The molecule has 0 saturated heterocycles. The molecule has 3 N–H and O–H groups in total. The molecule has 78 valence electrons. The van der Waals surface area contributed by atoms with Gasteiger partial charge in [-0.25, -0.2) is 9.48 Å². The zero-order valence-corrected chi connectivity index (χ0v) is 8.43. The first-order chi connectivity index (χ1) is 6.45. The Labute approximate surface area is 81.9 Å². The van der Waals surface area contributed by atoms with Gasteiger partial charge >= 0.3 is 5.97 Å². The van der Waals surface area contributed by atoms with Crippen molar-refractivity contribution < 1.29 is 9.90 Å². The first kappa shape index (κ1) is 10.4. The molecule has 1 rings (SSSR count). The summed E-state index contributed by atoms with van der Waals surface area (Å²) in [4.78, 5) is 12.5. The normalized spacial score (nSPS) is 12.5. The SMILES string of the molecule is CC(C(=O)O)n1ncc(N)c1N(C)C. The number of carboxylic acids is 1. The van der Waals surface area contributed by atoms with Gasteiger partial charge in [0.25, 0.3) is 0 Å². The molecule has 0 fully saturated rings. The number of carbonyl (C=O) groups is 1. The van der Waals surface area contributed by atoms with E-state index in [9.17, 15) is 4.79 Å². The molecule has 0 radical (unpaired) electrons. The van der Waals surface area contributed by atoms with E-state index in [4.69, 9.17) is 10.8 Å². The van der Waals surface area contributed by atoms with Crippen LogP contribution in [0, 0.1) is 0 Å². The second-order valence-corrected chi connectivity index (χ2v) is 3.28. The Kier molecular flexibility index (Phi) is 2.64. The predicted molar refractivity (Wildman–Crippen MR) is 53.3 cm³/mol. The second kappa shape index (κ2) is 3.57. The lowest BCUT2D eigenvalue weighted by Gasteiger charge is -2.17. The van der Waals surface area contributed by atoms with Gasteiger partial charge in [-0.3, -0.25) is 0 Å². The maximum atomic E-state index is 10.8. The van der Waals surface area contributed by atoms with E-state index in [-0.39, 0.29) is 0 Å². The van der Waals surface area contributed by atoms with Gasteiger partial charge in [0, 0.05) is 14.1 Å². The van der Waals surface area contributed by atoms with Gasteiger partial charge in [0.05, 0.1) is 11.9 Å². The number of carboxylic acid groups (broad SMARTS) is 1. The molecule has 6 nitrogen and oxygen atoms in total. The molecule has 14 heavy (non-hydrogen) atoms. The highest BCUT2D eigenvalue weighted by molar-refractivity contribution is 5.73. The lowest BCUT2D eigenvalue weighted by atomic mass is 10.3. The van der Waals surface area contributed by atoms with Gasteiger partial charge in [-0.1, -0.05) is 0 Å². The van der Waals surface area contributed by atoms with Crippen molar-refractivity contribution in [1.29, 1.82) is 0 Å². The summed E-state index contributed by atoms with van der Waals surface area (Å²) in [6, 6.07) is -0.718. The minimum Gasteiger partial charge on any atom is -0.480 e. The second-order valence-electron chi connectivity index (χ2n) is 3.28. The summed E-state index contributed by atoms with van der Waals surface area (Å²) in [5.41, 5.74) is 6.14. The van der Waals surface area contributed by atoms with E-state index in [1.807, 2.05) is 0 Å². The maximum absolute atomic E-state index is 10.8. The fourth-order valence-corrected chi connectivity index (χ4v) is 1.22. The van der Waals surface area contributed by atoms with E-state index in [0.717, 1.165) is 0 Å². The van der Waals surface area contributed by atoms with Crippen LogP contribution in [-0.4, -0.2) is 35.0 Å². The molecule has 6 heteroatoms. The van der Waals surface area contributed by atoms with Gasteiger partial charge < -0.3 is 15.7 Å². The molecule has 1 aromatic rings. The summed E-state index contributed by atoms with van der Waals surface area (Å²) < 4.78 is 1.39. The lowest BCUT2D eigenvalue weighted by molar-refractivity contribution is -0.140. The maximum Gasteiger partial charge on any atom is 0.328 e. The number of aromatic nitrogens is 2. The fraction of sp³-hybridized carbons (Fsp3) is 0.500. The lowest BCUT2D eigenvalue weighted by Crippen LogP contribution is -2.23. The zero-order chi connectivity index (χ0) is 10.9. The number of aliphatic carboxylic acids is 1. The van der Waals surface area contributed by atoms with Crippen LogP contribution in [-0.2, 0) is 4.79 Å². The van der Waals surface area contributed by atoms with E-state index in [2.05, 4.69) is 5.10 Å². The fourth-order valence-electron chi connectivity index (χ4n) is 1.22. The van der Waals surface area contributed by atoms with Crippen molar-refractivity contribution in [3.8, 4) is 0 Å². The Bertz CT molecular complexity index is 345. The summed E-state index contributed by atoms with van der Waals surface area (Å²) in [5, 5.41) is 12.8. The molecule has 0 aliphatic rings. The number of anilines is 2. The number of hydrogen-bond donors (Lipinski definition) is 2. The highest BCUT2D eigenvalue weighted by Crippen LogP contribution is 2.23. The van der Waals surface area contributed by atoms with Crippen LogP contribution in [0.4, 0.5) is 11.5 Å². The van der Waals surface area contributed by atoms with E-state index in [0.29, 0.717) is 11.5 Å². The average molecular weight is 198 g/mol. The van der Waals surface area contributed by atoms with Crippen molar-refractivity contribution >= 4 is 17.5 Å². The minimum atomic E-state index is -0.934. The molecule has 0 aliphatic heterocycles. The molecular formula is C8H14N4O2. The van der Waals surface area contributed by atoms with Crippen LogP contribution in [0.15, 0.2) is 6.20 Å². The van der Waals surface area contributed by atoms with Crippen molar-refractivity contribution in [3.05, 3.63) is 6.20 Å². The number of hydrogen-bond acceptors (Lipinski definition) is 4. The molecule has 0 bridgehead atoms. The number of nitrogen functional groups attached to an aromatic ring is 1. The van der Waals surface area contributed by atoms with Gasteiger partial charge in [0.15, 0.2) is 5.82 Å². The third-order valence-corrected chi connectivity index (χ3v) is 1.94. The van der Waals surface area contributed by atoms with Gasteiger partial charge in [-0.2, -0.15) is 5.10 Å². The molecule has 1 unspecified atom stereocenters. The predicted octanol–water partition coefficient (Wildman–Crippen LogP) is 0.177. The Morgan fingerprint density at radius 2 is 2.29 bits per heavy atom. The number of nitrogens with two attached hydrogens (primary N) is 1. The summed E-state index contributed by atoms with van der Waals surface area (Å²) in [7, 11) is 3.58. The van der Waals surface area contributed by atoms with Gasteiger partial charge in [0.1, 0.15) is 6.04 Å². The molecule has 0 saturated carbocycles. The highest BCUT2D eigenvalue weighted by Gasteiger charge is 2.20. The summed E-state index contributed by atoms with van der Waals surface area (Å²) in [6.07, 6.45) is 1.45. The Morgan fingerprint density at radius 1 is 1.71 bits per heavy atom. The van der Waals surface area contributed by atoms with E-state index in [1.54, 1.807) is 25.9 Å². The topological polar surface area (TPSA) is 84.4 Å². The monoisotopic (exact) mass is 198 g/mol. The van der Waals surface area contributed by atoms with E-state index < -0.39 is 12.0 Å². The number of rotatable bonds is 3. The molecule has 0 amide bonds. The Balaban J connectivity index is 3.15. The van der Waals surface area contributed by atoms with Crippen LogP contribution < -0.4 is 10.6 Å². The quantitative estimate of drug-likeness (QED) is 0.723. The van der Waals surface area contributed by atoms with Crippen LogP contribution in [0.3, 0.4) is 0 Å². The third kappa shape index (κ3) is 1.63. The Morgan fingerprint density at radius 3 is 2.71 bits per heavy atom. The van der Waals surface area contributed by atoms with Crippen molar-refractivity contribution in [2.24, 2.45) is 0 Å². The van der Waals surface area contributed by atoms with Crippen LogP contribution in [0.1, 0.15) is 13.0 Å². The molecule has 0 aliphatic carbocycles.